The second kappa shape index (κ2) is 5.44. The van der Waals surface area contributed by atoms with Crippen molar-refractivity contribution >= 4 is 5.97 Å². The van der Waals surface area contributed by atoms with Crippen LogP contribution in [0, 0.1) is 0 Å². The molecule has 1 aromatic carbocycles. The number of carboxylic acid groups (broad SMARTS) is 1. The van der Waals surface area contributed by atoms with Crippen LogP contribution in [0.1, 0.15) is 42.9 Å². The first-order valence-electron chi connectivity index (χ1n) is 7.33. The predicted molar refractivity (Wildman–Crippen MR) is 76.0 cm³/mol. The number of benzene rings is 1. The molecule has 2 atom stereocenters. The first kappa shape index (κ1) is 13.4. The Balaban J connectivity index is 1.84. The van der Waals surface area contributed by atoms with Gasteiger partial charge in [0.05, 0.1) is 13.5 Å². The van der Waals surface area contributed by atoms with Gasteiger partial charge >= 0.3 is 5.97 Å². The fourth-order valence-electron chi connectivity index (χ4n) is 3.72. The number of hydrogen-bond acceptors (Lipinski definition) is 3. The molecule has 2 aliphatic rings. The molecule has 20 heavy (non-hydrogen) atoms. The summed E-state index contributed by atoms with van der Waals surface area (Å²) >= 11 is 0. The van der Waals surface area contributed by atoms with Crippen molar-refractivity contribution in [2.24, 2.45) is 0 Å². The molecule has 1 aliphatic carbocycles. The quantitative estimate of drug-likeness (QED) is 0.917. The van der Waals surface area contributed by atoms with Gasteiger partial charge in [0.25, 0.3) is 0 Å². The van der Waals surface area contributed by atoms with E-state index in [1.54, 1.807) is 7.11 Å². The molecule has 0 radical (unpaired) electrons. The molecule has 2 unspecified atom stereocenters. The Hall–Kier alpha value is -1.55. The first-order chi connectivity index (χ1) is 9.69. The number of likely N-dealkylation sites (tertiary alicyclic amines) is 1. The number of carboxylic acids is 1. The number of nitrogens with zero attached hydrogens (tertiary/aromatic N) is 1. The largest absolute Gasteiger partial charge is 0.497 e. The van der Waals surface area contributed by atoms with Gasteiger partial charge in [-0.05, 0) is 55.5 Å². The molecule has 108 valence electrons. The van der Waals surface area contributed by atoms with Gasteiger partial charge < -0.3 is 9.84 Å². The van der Waals surface area contributed by atoms with Gasteiger partial charge in [0, 0.05) is 12.1 Å². The predicted octanol–water partition coefficient (Wildman–Crippen LogP) is 2.62. The van der Waals surface area contributed by atoms with Gasteiger partial charge in [-0.1, -0.05) is 6.07 Å². The first-order valence-corrected chi connectivity index (χ1v) is 7.33. The number of carbonyl (C=O) groups is 1. The smallest absolute Gasteiger partial charge is 0.304 e. The fraction of sp³-hybridized carbons (Fsp3) is 0.562. The molecule has 0 bridgehead atoms. The molecule has 0 amide bonds. The lowest BCUT2D eigenvalue weighted by atomic mass is 10.0. The third-order valence-corrected chi connectivity index (χ3v) is 4.63. The summed E-state index contributed by atoms with van der Waals surface area (Å²) in [5.74, 6) is 0.204. The third-order valence-electron chi connectivity index (χ3n) is 4.63. The highest BCUT2D eigenvalue weighted by Crippen LogP contribution is 2.41. The van der Waals surface area contributed by atoms with E-state index in [0.717, 1.165) is 38.0 Å². The summed E-state index contributed by atoms with van der Waals surface area (Å²) < 4.78 is 5.33. The molecule has 3 rings (SSSR count). The minimum Gasteiger partial charge on any atom is -0.497 e. The number of aryl methyl sites for hydroxylation is 1. The molecule has 1 aromatic rings. The van der Waals surface area contributed by atoms with Crippen molar-refractivity contribution in [3.05, 3.63) is 29.3 Å². The Morgan fingerprint density at radius 3 is 3.05 bits per heavy atom. The second-order valence-electron chi connectivity index (χ2n) is 5.75. The van der Waals surface area contributed by atoms with Gasteiger partial charge in [-0.15, -0.1) is 0 Å². The van der Waals surface area contributed by atoms with Crippen LogP contribution in [0.5, 0.6) is 5.75 Å². The number of fused-ring (bicyclic) bond motifs is 1. The Morgan fingerprint density at radius 2 is 2.30 bits per heavy atom. The molecule has 0 aromatic heterocycles. The van der Waals surface area contributed by atoms with Crippen LogP contribution in [0.15, 0.2) is 18.2 Å². The molecule has 1 N–H and O–H groups in total. The van der Waals surface area contributed by atoms with E-state index >= 15 is 0 Å². The van der Waals surface area contributed by atoms with Crippen LogP contribution in [0.4, 0.5) is 0 Å². The number of ether oxygens (including phenoxy) is 1. The standard InChI is InChI=1S/C16H21NO3/c1-20-13-6-4-11-5-7-15(14(11)10-13)17-8-2-3-12(17)9-16(18)19/h4,6,10,12,15H,2-3,5,7-9H2,1H3,(H,18,19). The summed E-state index contributed by atoms with van der Waals surface area (Å²) in [5.41, 5.74) is 2.72. The summed E-state index contributed by atoms with van der Waals surface area (Å²) in [7, 11) is 1.69. The molecular formula is C16H21NO3. The summed E-state index contributed by atoms with van der Waals surface area (Å²) in [5, 5.41) is 9.07. The molecule has 1 aliphatic heterocycles. The summed E-state index contributed by atoms with van der Waals surface area (Å²) in [6, 6.07) is 6.85. The van der Waals surface area contributed by atoms with E-state index < -0.39 is 5.97 Å². The SMILES string of the molecule is COc1ccc2c(c1)C(N1CCCC1CC(=O)O)CC2. The lowest BCUT2D eigenvalue weighted by Gasteiger charge is -2.30. The highest BCUT2D eigenvalue weighted by Gasteiger charge is 2.36. The van der Waals surface area contributed by atoms with E-state index in [9.17, 15) is 4.79 Å². The highest BCUT2D eigenvalue weighted by atomic mass is 16.5. The van der Waals surface area contributed by atoms with Crippen molar-refractivity contribution in [2.75, 3.05) is 13.7 Å². The van der Waals surface area contributed by atoms with Crippen molar-refractivity contribution < 1.29 is 14.6 Å². The molecule has 4 heteroatoms. The van der Waals surface area contributed by atoms with Crippen LogP contribution in [-0.2, 0) is 11.2 Å². The summed E-state index contributed by atoms with van der Waals surface area (Å²) in [4.78, 5) is 13.4. The van der Waals surface area contributed by atoms with Crippen molar-refractivity contribution in [1.29, 1.82) is 0 Å². The van der Waals surface area contributed by atoms with Crippen LogP contribution in [0.3, 0.4) is 0 Å². The van der Waals surface area contributed by atoms with E-state index in [1.807, 2.05) is 6.07 Å². The normalized spacial score (nSPS) is 25.6. The number of aliphatic carboxylic acids is 1. The van der Waals surface area contributed by atoms with Gasteiger partial charge in [0.15, 0.2) is 0 Å². The fourth-order valence-corrected chi connectivity index (χ4v) is 3.72. The number of rotatable bonds is 4. The minimum absolute atomic E-state index is 0.189. The van der Waals surface area contributed by atoms with Gasteiger partial charge in [-0.3, -0.25) is 9.69 Å². The van der Waals surface area contributed by atoms with Gasteiger partial charge in [-0.2, -0.15) is 0 Å². The van der Waals surface area contributed by atoms with E-state index in [2.05, 4.69) is 17.0 Å². The molecule has 0 saturated carbocycles. The van der Waals surface area contributed by atoms with E-state index in [4.69, 9.17) is 9.84 Å². The zero-order chi connectivity index (χ0) is 14.1. The Bertz CT molecular complexity index is 514. The topological polar surface area (TPSA) is 49.8 Å². The van der Waals surface area contributed by atoms with Crippen molar-refractivity contribution in [2.45, 2.75) is 44.2 Å². The Kier molecular flexibility index (Phi) is 3.66. The zero-order valence-corrected chi connectivity index (χ0v) is 11.8. The van der Waals surface area contributed by atoms with Gasteiger partial charge in [0.2, 0.25) is 0 Å². The van der Waals surface area contributed by atoms with Crippen molar-refractivity contribution in [3.63, 3.8) is 0 Å². The zero-order valence-electron chi connectivity index (χ0n) is 11.8. The average Bonchev–Trinajstić information content (AvgIpc) is 3.03. The van der Waals surface area contributed by atoms with E-state index in [1.165, 1.54) is 11.1 Å². The van der Waals surface area contributed by atoms with Crippen LogP contribution in [-0.4, -0.2) is 35.7 Å². The van der Waals surface area contributed by atoms with Gasteiger partial charge in [-0.25, -0.2) is 0 Å². The number of hydrogen-bond donors (Lipinski definition) is 1. The molecular weight excluding hydrogens is 254 g/mol. The maximum Gasteiger partial charge on any atom is 0.304 e. The Morgan fingerprint density at radius 1 is 1.45 bits per heavy atom. The van der Waals surface area contributed by atoms with Crippen LogP contribution < -0.4 is 4.74 Å². The lowest BCUT2D eigenvalue weighted by molar-refractivity contribution is -0.138. The van der Waals surface area contributed by atoms with Crippen LogP contribution >= 0.6 is 0 Å². The van der Waals surface area contributed by atoms with Crippen LogP contribution in [0.2, 0.25) is 0 Å². The van der Waals surface area contributed by atoms with Crippen molar-refractivity contribution in [1.82, 2.24) is 4.90 Å². The van der Waals surface area contributed by atoms with E-state index in [-0.39, 0.29) is 12.5 Å². The lowest BCUT2D eigenvalue weighted by Crippen LogP contribution is -2.34. The summed E-state index contributed by atoms with van der Waals surface area (Å²) in [6.45, 7) is 1.01. The van der Waals surface area contributed by atoms with E-state index in [0.29, 0.717) is 6.04 Å². The monoisotopic (exact) mass is 275 g/mol. The summed E-state index contributed by atoms with van der Waals surface area (Å²) in [6.07, 6.45) is 4.55. The van der Waals surface area contributed by atoms with Crippen LogP contribution in [0.25, 0.3) is 0 Å². The minimum atomic E-state index is -0.689. The molecule has 1 saturated heterocycles. The second-order valence-corrected chi connectivity index (χ2v) is 5.75. The number of methoxy groups -OCH3 is 1. The molecule has 0 spiro atoms. The van der Waals surface area contributed by atoms with Gasteiger partial charge in [0.1, 0.15) is 5.75 Å². The maximum atomic E-state index is 11.0. The molecule has 1 fully saturated rings. The third kappa shape index (κ3) is 2.40. The maximum absolute atomic E-state index is 11.0. The Labute approximate surface area is 119 Å². The average molecular weight is 275 g/mol. The highest BCUT2D eigenvalue weighted by molar-refractivity contribution is 5.67. The van der Waals surface area contributed by atoms with Crippen molar-refractivity contribution in [3.8, 4) is 5.75 Å². The molecule has 4 nitrogen and oxygen atoms in total. The molecule has 1 heterocycles.